The quantitative estimate of drug-likeness (QED) is 0.509. The van der Waals surface area contributed by atoms with Crippen molar-refractivity contribution in [3.8, 4) is 12.3 Å². The molecule has 0 saturated heterocycles. The summed E-state index contributed by atoms with van der Waals surface area (Å²) >= 11 is 0. The molecule has 0 heterocycles. The van der Waals surface area contributed by atoms with Gasteiger partial charge in [-0.15, -0.1) is 13.0 Å². The van der Waals surface area contributed by atoms with E-state index in [9.17, 15) is 5.11 Å². The minimum atomic E-state index is -0.915. The molecule has 6 unspecified atom stereocenters. The van der Waals surface area contributed by atoms with E-state index in [2.05, 4.69) is 25.5 Å². The fraction of sp³-hybridized carbons (Fsp3) is 0.750. The van der Waals surface area contributed by atoms with Gasteiger partial charge in [-0.05, 0) is 94.3 Å². The molecule has 0 bridgehead atoms. The van der Waals surface area contributed by atoms with Crippen LogP contribution >= 0.6 is 0 Å². The topological polar surface area (TPSA) is 20.2 Å². The van der Waals surface area contributed by atoms with Gasteiger partial charge in [0, 0.05) is 5.41 Å². The van der Waals surface area contributed by atoms with Gasteiger partial charge in [0.1, 0.15) is 5.60 Å². The van der Waals surface area contributed by atoms with Crippen LogP contribution in [0.15, 0.2) is 23.8 Å². The number of hydrogen-bond donors (Lipinski definition) is 1. The van der Waals surface area contributed by atoms with Crippen molar-refractivity contribution in [3.05, 3.63) is 23.8 Å². The molecule has 1 nitrogen and oxygen atoms in total. The Morgan fingerprint density at radius 2 is 2.04 bits per heavy atom. The van der Waals surface area contributed by atoms with Crippen LogP contribution in [0.4, 0.5) is 0 Å². The van der Waals surface area contributed by atoms with E-state index in [1.807, 2.05) is 5.57 Å². The van der Waals surface area contributed by atoms with Gasteiger partial charge in [0.2, 0.25) is 0 Å². The molecule has 0 amide bonds. The molecule has 2 saturated carbocycles. The maximum atomic E-state index is 11.4. The molecule has 6 atom stereocenters. The lowest BCUT2D eigenvalue weighted by Crippen LogP contribution is -2.60. The fourth-order valence-corrected chi connectivity index (χ4v) is 7.39. The molecular weight excluding hydrogens is 304 g/mol. The Morgan fingerprint density at radius 3 is 2.80 bits per heavy atom. The second-order valence-electron chi connectivity index (χ2n) is 9.47. The van der Waals surface area contributed by atoms with Gasteiger partial charge in [-0.25, -0.2) is 0 Å². The van der Waals surface area contributed by atoms with E-state index in [1.165, 1.54) is 44.9 Å². The summed E-state index contributed by atoms with van der Waals surface area (Å²) in [5.41, 5.74) is 2.59. The normalized spacial score (nSPS) is 46.4. The predicted octanol–water partition coefficient (Wildman–Crippen LogP) is 5.65. The predicted molar refractivity (Wildman–Crippen MR) is 104 cm³/mol. The number of terminal acetylenes is 1. The lowest BCUT2D eigenvalue weighted by molar-refractivity contribution is -0.159. The van der Waals surface area contributed by atoms with E-state index in [0.29, 0.717) is 11.8 Å². The highest BCUT2D eigenvalue weighted by Crippen LogP contribution is 2.64. The zero-order valence-electron chi connectivity index (χ0n) is 15.9. The molecule has 0 radical (unpaired) electrons. The standard InChI is InChI=1S/C24H34O/c1-4-9-18-16-23(3)21(12-8-15-24(23,25)5-2)20-14-13-17-10-6-7-11-19(17)22(18)20/h2,4,18,20-22,25H,1,6-16H2,3H3. The summed E-state index contributed by atoms with van der Waals surface area (Å²) in [7, 11) is 0. The minimum Gasteiger partial charge on any atom is -0.377 e. The Hall–Kier alpha value is -1.00. The van der Waals surface area contributed by atoms with Crippen LogP contribution in [0.5, 0.6) is 0 Å². The van der Waals surface area contributed by atoms with E-state index in [4.69, 9.17) is 6.42 Å². The third kappa shape index (κ3) is 2.48. The summed E-state index contributed by atoms with van der Waals surface area (Å²) in [6.45, 7) is 6.37. The molecular formula is C24H34O. The summed E-state index contributed by atoms with van der Waals surface area (Å²) < 4.78 is 0. The first kappa shape index (κ1) is 17.4. The molecule has 4 aliphatic rings. The van der Waals surface area contributed by atoms with Crippen molar-refractivity contribution in [2.24, 2.45) is 29.1 Å². The third-order valence-electron chi connectivity index (χ3n) is 8.51. The second kappa shape index (κ2) is 6.31. The molecule has 25 heavy (non-hydrogen) atoms. The van der Waals surface area contributed by atoms with Crippen molar-refractivity contribution in [2.45, 2.75) is 83.2 Å². The molecule has 2 fully saturated rings. The highest BCUT2D eigenvalue weighted by atomic mass is 16.3. The van der Waals surface area contributed by atoms with Crippen molar-refractivity contribution < 1.29 is 5.11 Å². The lowest BCUT2D eigenvalue weighted by atomic mass is 9.43. The van der Waals surface area contributed by atoms with Crippen molar-refractivity contribution in [3.63, 3.8) is 0 Å². The Morgan fingerprint density at radius 1 is 1.24 bits per heavy atom. The van der Waals surface area contributed by atoms with Gasteiger partial charge in [-0.1, -0.05) is 30.1 Å². The average Bonchev–Trinajstić information content (AvgIpc) is 2.63. The van der Waals surface area contributed by atoms with Crippen molar-refractivity contribution in [2.75, 3.05) is 0 Å². The van der Waals surface area contributed by atoms with Gasteiger partial charge < -0.3 is 5.11 Å². The van der Waals surface area contributed by atoms with Gasteiger partial charge in [-0.3, -0.25) is 0 Å². The zero-order chi connectivity index (χ0) is 17.7. The first-order valence-corrected chi connectivity index (χ1v) is 10.6. The number of hydrogen-bond acceptors (Lipinski definition) is 1. The molecule has 0 aromatic carbocycles. The maximum Gasteiger partial charge on any atom is 0.130 e. The van der Waals surface area contributed by atoms with E-state index in [-0.39, 0.29) is 5.41 Å². The third-order valence-corrected chi connectivity index (χ3v) is 8.51. The first-order chi connectivity index (χ1) is 12.0. The van der Waals surface area contributed by atoms with Gasteiger partial charge in [0.15, 0.2) is 0 Å². The second-order valence-corrected chi connectivity index (χ2v) is 9.47. The van der Waals surface area contributed by atoms with Gasteiger partial charge >= 0.3 is 0 Å². The van der Waals surface area contributed by atoms with Crippen LogP contribution in [0.3, 0.4) is 0 Å². The van der Waals surface area contributed by atoms with Crippen molar-refractivity contribution in [1.82, 2.24) is 0 Å². The molecule has 1 heteroatoms. The van der Waals surface area contributed by atoms with Gasteiger partial charge in [0.05, 0.1) is 0 Å². The van der Waals surface area contributed by atoms with Crippen LogP contribution in [0, 0.1) is 41.4 Å². The molecule has 0 spiro atoms. The average molecular weight is 339 g/mol. The summed E-state index contributed by atoms with van der Waals surface area (Å²) in [4.78, 5) is 0. The van der Waals surface area contributed by atoms with Crippen LogP contribution in [0.2, 0.25) is 0 Å². The number of rotatable bonds is 2. The highest BCUT2D eigenvalue weighted by molar-refractivity contribution is 5.29. The maximum absolute atomic E-state index is 11.4. The van der Waals surface area contributed by atoms with Crippen LogP contribution in [0.25, 0.3) is 0 Å². The number of allylic oxidation sites excluding steroid dienone is 3. The highest BCUT2D eigenvalue weighted by Gasteiger charge is 2.61. The van der Waals surface area contributed by atoms with Crippen molar-refractivity contribution in [1.29, 1.82) is 0 Å². The Bertz CT molecular complexity index is 622. The Balaban J connectivity index is 1.77. The molecule has 0 aromatic rings. The van der Waals surface area contributed by atoms with Crippen LogP contribution in [-0.4, -0.2) is 10.7 Å². The minimum absolute atomic E-state index is 0.123. The molecule has 1 N–H and O–H groups in total. The largest absolute Gasteiger partial charge is 0.377 e. The SMILES string of the molecule is C#CC1(O)CCCC2C3CCC4=C(CCCC4)C3C(CC=C)CC21C. The van der Waals surface area contributed by atoms with Crippen LogP contribution in [-0.2, 0) is 0 Å². The number of aliphatic hydroxyl groups is 1. The monoisotopic (exact) mass is 338 g/mol. The molecule has 4 rings (SSSR count). The van der Waals surface area contributed by atoms with Crippen molar-refractivity contribution >= 4 is 0 Å². The number of fused-ring (bicyclic) bond motifs is 4. The van der Waals surface area contributed by atoms with E-state index >= 15 is 0 Å². The summed E-state index contributed by atoms with van der Waals surface area (Å²) in [6, 6.07) is 0. The Kier molecular flexibility index (Phi) is 4.40. The molecule has 0 aliphatic heterocycles. The summed E-state index contributed by atoms with van der Waals surface area (Å²) in [5.74, 6) is 5.51. The fourth-order valence-electron chi connectivity index (χ4n) is 7.39. The molecule has 4 aliphatic carbocycles. The smallest absolute Gasteiger partial charge is 0.130 e. The van der Waals surface area contributed by atoms with Crippen LogP contribution < -0.4 is 0 Å². The molecule has 136 valence electrons. The molecule has 0 aromatic heterocycles. The van der Waals surface area contributed by atoms with Gasteiger partial charge in [0.25, 0.3) is 0 Å². The Labute approximate surface area is 154 Å². The van der Waals surface area contributed by atoms with Gasteiger partial charge in [-0.2, -0.15) is 0 Å². The first-order valence-electron chi connectivity index (χ1n) is 10.6. The van der Waals surface area contributed by atoms with E-state index in [1.54, 1.807) is 5.57 Å². The lowest BCUT2D eigenvalue weighted by Gasteiger charge is -2.62. The van der Waals surface area contributed by atoms with E-state index < -0.39 is 5.60 Å². The van der Waals surface area contributed by atoms with Crippen LogP contribution in [0.1, 0.15) is 77.6 Å². The zero-order valence-corrected chi connectivity index (χ0v) is 15.9. The summed E-state index contributed by atoms with van der Waals surface area (Å²) in [5, 5.41) is 11.4. The summed E-state index contributed by atoms with van der Waals surface area (Å²) in [6.07, 6.45) is 21.3. The van der Waals surface area contributed by atoms with E-state index in [0.717, 1.165) is 37.5 Å².